The van der Waals surface area contributed by atoms with Gasteiger partial charge in [0.25, 0.3) is 0 Å². The third kappa shape index (κ3) is 12.0. The lowest BCUT2D eigenvalue weighted by atomic mass is 10.0. The zero-order valence-corrected chi connectivity index (χ0v) is 32.4. The number of hydrogen-bond acceptors (Lipinski definition) is 8. The van der Waals surface area contributed by atoms with Gasteiger partial charge in [-0.25, -0.2) is 13.2 Å². The number of hydrogen-bond donors (Lipinski definition) is 2. The Balaban J connectivity index is 1.45. The Morgan fingerprint density at radius 3 is 2.02 bits per heavy atom. The first-order valence-corrected chi connectivity index (χ1v) is 22.1. The molecule has 0 aliphatic heterocycles. The van der Waals surface area contributed by atoms with Gasteiger partial charge in [-0.1, -0.05) is 81.4 Å². The lowest BCUT2D eigenvalue weighted by molar-refractivity contribution is 0.0526. The predicted octanol–water partition coefficient (Wildman–Crippen LogP) is 8.60. The summed E-state index contributed by atoms with van der Waals surface area (Å²) in [7, 11) is -5.62. The first-order valence-electron chi connectivity index (χ1n) is 17.7. The number of sulfonamides is 1. The second-order valence-corrected chi connectivity index (χ2v) is 19.2. The van der Waals surface area contributed by atoms with E-state index in [0.717, 1.165) is 52.4 Å². The van der Waals surface area contributed by atoms with Gasteiger partial charge in [0.2, 0.25) is 10.0 Å². The Labute approximate surface area is 304 Å². The van der Waals surface area contributed by atoms with E-state index in [4.69, 9.17) is 18.6 Å². The number of ether oxygens (including phenoxy) is 3. The molecule has 4 aromatic carbocycles. The quantitative estimate of drug-likeness (QED) is 0.0687. The molecule has 11 heteroatoms. The first-order chi connectivity index (χ1) is 24.5. The zero-order valence-electron chi connectivity index (χ0n) is 30.6. The molecule has 0 spiro atoms. The number of rotatable bonds is 20. The van der Waals surface area contributed by atoms with Gasteiger partial charge in [0.15, 0.2) is 8.32 Å². The summed E-state index contributed by atoms with van der Waals surface area (Å²) in [5, 5.41) is 3.60. The fraction of sp³-hybridized carbons (Fsp3) is 0.375. The molecule has 0 amide bonds. The maximum Gasteiger partial charge on any atom is 0.338 e. The molecule has 0 radical (unpaired) electrons. The highest BCUT2D eigenvalue weighted by Crippen LogP contribution is 2.35. The van der Waals surface area contributed by atoms with Crippen molar-refractivity contribution in [1.82, 2.24) is 5.32 Å². The van der Waals surface area contributed by atoms with E-state index in [9.17, 15) is 13.2 Å². The van der Waals surface area contributed by atoms with Gasteiger partial charge >= 0.3 is 5.97 Å². The summed E-state index contributed by atoms with van der Waals surface area (Å²) in [6, 6.07) is 33.5. The normalized spacial score (nSPS) is 12.9. The molecule has 0 saturated heterocycles. The van der Waals surface area contributed by atoms with Crippen molar-refractivity contribution >= 4 is 30.0 Å². The third-order valence-electron chi connectivity index (χ3n) is 8.97. The number of esters is 1. The van der Waals surface area contributed by atoms with Crippen molar-refractivity contribution in [3.05, 3.63) is 114 Å². The second-order valence-electron chi connectivity index (χ2n) is 12.7. The van der Waals surface area contributed by atoms with Crippen LogP contribution in [0.15, 0.2) is 97.1 Å². The van der Waals surface area contributed by atoms with Gasteiger partial charge in [0.1, 0.15) is 24.7 Å². The standard InChI is InChI=1S/C40H52N2O7SSi/c1-7-46-40(43)34-18-16-32(17-19-34)33-20-23-36(24-21-33)47-28-30(5)41-27-39(49-51(8-2,9-3)10-4)35-22-25-38(37(26-35)42-50(6,44)45)48-29-31-14-12-11-13-15-31/h11-26,30,39,41-42H,7-10,27-29H2,1-6H3/t30-,39-/m1/s1. The van der Waals surface area contributed by atoms with Crippen LogP contribution in [-0.2, 0) is 25.8 Å². The fourth-order valence-corrected chi connectivity index (χ4v) is 9.15. The van der Waals surface area contributed by atoms with Crippen molar-refractivity contribution in [3.8, 4) is 22.6 Å². The Kier molecular flexibility index (Phi) is 14.7. The molecule has 4 rings (SSSR count). The van der Waals surface area contributed by atoms with Crippen LogP contribution in [0.5, 0.6) is 11.5 Å². The molecule has 0 saturated carbocycles. The predicted molar refractivity (Wildman–Crippen MR) is 207 cm³/mol. The topological polar surface area (TPSA) is 112 Å². The van der Waals surface area contributed by atoms with Crippen molar-refractivity contribution in [2.75, 3.05) is 30.7 Å². The highest BCUT2D eigenvalue weighted by atomic mass is 32.2. The number of carbonyl (C=O) groups is 1. The van der Waals surface area contributed by atoms with Crippen LogP contribution in [0.3, 0.4) is 0 Å². The summed E-state index contributed by atoms with van der Waals surface area (Å²) in [6.45, 7) is 12.0. The van der Waals surface area contributed by atoms with Crippen LogP contribution in [0.4, 0.5) is 5.69 Å². The van der Waals surface area contributed by atoms with Crippen LogP contribution in [0.25, 0.3) is 11.1 Å². The SMILES string of the molecule is CCOC(=O)c1ccc(-c2ccc(OC[C@@H](C)NC[C@@H](O[Si](CC)(CC)CC)c3ccc(OCc4ccccc4)c(NS(C)(=O)=O)c3)cc2)cc1. The van der Waals surface area contributed by atoms with Gasteiger partial charge in [-0.05, 0) is 90.6 Å². The largest absolute Gasteiger partial charge is 0.492 e. The molecule has 0 aromatic heterocycles. The molecule has 0 bridgehead atoms. The molecule has 0 fully saturated rings. The van der Waals surface area contributed by atoms with Gasteiger partial charge < -0.3 is 24.0 Å². The molecule has 274 valence electrons. The molecule has 51 heavy (non-hydrogen) atoms. The van der Waals surface area contributed by atoms with Gasteiger partial charge in [0, 0.05) is 12.6 Å². The van der Waals surface area contributed by atoms with Crippen LogP contribution in [-0.4, -0.2) is 54.8 Å². The van der Waals surface area contributed by atoms with Crippen molar-refractivity contribution in [1.29, 1.82) is 0 Å². The van der Waals surface area contributed by atoms with Crippen LogP contribution in [0.1, 0.15) is 62.2 Å². The maximum atomic E-state index is 12.4. The Morgan fingerprint density at radius 2 is 1.43 bits per heavy atom. The molecule has 4 aromatic rings. The highest BCUT2D eigenvalue weighted by molar-refractivity contribution is 7.92. The lowest BCUT2D eigenvalue weighted by Crippen LogP contribution is -2.42. The molecule has 0 heterocycles. The van der Waals surface area contributed by atoms with Crippen LogP contribution >= 0.6 is 0 Å². The summed E-state index contributed by atoms with van der Waals surface area (Å²) < 4.78 is 51.8. The molecule has 0 aliphatic rings. The number of benzene rings is 4. The van der Waals surface area contributed by atoms with Crippen molar-refractivity contribution in [2.45, 2.75) is 71.5 Å². The number of anilines is 1. The second kappa shape index (κ2) is 18.9. The van der Waals surface area contributed by atoms with Crippen molar-refractivity contribution in [2.24, 2.45) is 0 Å². The van der Waals surface area contributed by atoms with Gasteiger partial charge in [-0.15, -0.1) is 0 Å². The molecule has 9 nitrogen and oxygen atoms in total. The van der Waals surface area contributed by atoms with Gasteiger partial charge in [-0.3, -0.25) is 4.72 Å². The monoisotopic (exact) mass is 732 g/mol. The fourth-order valence-electron chi connectivity index (χ4n) is 5.76. The Bertz CT molecular complexity index is 1770. The first kappa shape index (κ1) is 39.6. The van der Waals surface area contributed by atoms with Crippen LogP contribution in [0, 0.1) is 0 Å². The third-order valence-corrected chi connectivity index (χ3v) is 14.2. The zero-order chi connectivity index (χ0) is 36.9. The average Bonchev–Trinajstić information content (AvgIpc) is 3.14. The van der Waals surface area contributed by atoms with Crippen molar-refractivity contribution < 1.29 is 31.8 Å². The molecule has 2 N–H and O–H groups in total. The maximum absolute atomic E-state index is 12.4. The average molecular weight is 733 g/mol. The van der Waals surface area contributed by atoms with E-state index in [1.54, 1.807) is 19.1 Å². The van der Waals surface area contributed by atoms with Gasteiger partial charge in [-0.2, -0.15) is 0 Å². The van der Waals surface area contributed by atoms with E-state index in [0.29, 0.717) is 43.4 Å². The van der Waals surface area contributed by atoms with E-state index in [1.165, 1.54) is 0 Å². The minimum Gasteiger partial charge on any atom is -0.492 e. The smallest absolute Gasteiger partial charge is 0.338 e. The number of nitrogens with one attached hydrogen (secondary N) is 2. The molecular weight excluding hydrogens is 681 g/mol. The summed E-state index contributed by atoms with van der Waals surface area (Å²) in [5.74, 6) is 0.873. The van der Waals surface area contributed by atoms with E-state index in [-0.39, 0.29) is 18.1 Å². The minimum atomic E-state index is -3.57. The minimum absolute atomic E-state index is 0.00534. The van der Waals surface area contributed by atoms with E-state index in [2.05, 4.69) is 37.7 Å². The van der Waals surface area contributed by atoms with E-state index in [1.807, 2.05) is 84.9 Å². The summed E-state index contributed by atoms with van der Waals surface area (Å²) in [4.78, 5) is 12.0. The van der Waals surface area contributed by atoms with Crippen molar-refractivity contribution in [3.63, 3.8) is 0 Å². The van der Waals surface area contributed by atoms with Crippen LogP contribution in [0.2, 0.25) is 18.1 Å². The lowest BCUT2D eigenvalue weighted by Gasteiger charge is -2.34. The number of carbonyl (C=O) groups excluding carboxylic acids is 1. The van der Waals surface area contributed by atoms with Gasteiger partial charge in [0.05, 0.1) is 30.2 Å². The molecule has 2 atom stereocenters. The van der Waals surface area contributed by atoms with Crippen LogP contribution < -0.4 is 19.5 Å². The van der Waals surface area contributed by atoms with E-state index >= 15 is 0 Å². The highest BCUT2D eigenvalue weighted by Gasteiger charge is 2.33. The molecule has 0 aliphatic carbocycles. The summed E-state index contributed by atoms with van der Waals surface area (Å²) in [6.07, 6.45) is 0.830. The van der Waals surface area contributed by atoms with E-state index < -0.39 is 18.3 Å². The molecular formula is C40H52N2O7SSi. The summed E-state index contributed by atoms with van der Waals surface area (Å²) in [5.41, 5.74) is 4.76. The Morgan fingerprint density at radius 1 is 0.804 bits per heavy atom. The Hall–Kier alpha value is -4.16. The summed E-state index contributed by atoms with van der Waals surface area (Å²) >= 11 is 0. The molecule has 0 unspecified atom stereocenters.